The van der Waals surface area contributed by atoms with E-state index in [9.17, 15) is 13.5 Å². The minimum Gasteiger partial charge on any atom is -0.491 e. The van der Waals surface area contributed by atoms with E-state index in [4.69, 9.17) is 4.74 Å². The molecule has 1 aliphatic heterocycles. The summed E-state index contributed by atoms with van der Waals surface area (Å²) in [7, 11) is -3.21. The van der Waals surface area contributed by atoms with Crippen molar-refractivity contribution in [2.24, 2.45) is 0 Å². The van der Waals surface area contributed by atoms with Gasteiger partial charge in [0, 0.05) is 38.4 Å². The summed E-state index contributed by atoms with van der Waals surface area (Å²) in [6.07, 6.45) is -0.595. The Morgan fingerprint density at radius 3 is 2.13 bits per heavy atom. The van der Waals surface area contributed by atoms with Crippen molar-refractivity contribution < 1.29 is 18.3 Å². The Morgan fingerprint density at radius 2 is 1.57 bits per heavy atom. The monoisotopic (exact) mass is 476 g/mol. The third-order valence-corrected chi connectivity index (χ3v) is 6.72. The molecule has 0 amide bonds. The van der Waals surface area contributed by atoms with Gasteiger partial charge in [-0.3, -0.25) is 4.90 Å². The van der Waals surface area contributed by atoms with Gasteiger partial charge >= 0.3 is 0 Å². The molecule has 6 nitrogen and oxygen atoms in total. The lowest BCUT2D eigenvalue weighted by Crippen LogP contribution is -2.49. The fourth-order valence-electron chi connectivity index (χ4n) is 3.28. The van der Waals surface area contributed by atoms with E-state index in [2.05, 4.69) is 21.9 Å². The van der Waals surface area contributed by atoms with Crippen LogP contribution in [0, 0.1) is 0 Å². The highest BCUT2D eigenvalue weighted by molar-refractivity contribution is 7.91. The van der Waals surface area contributed by atoms with E-state index in [1.807, 2.05) is 18.2 Å². The summed E-state index contributed by atoms with van der Waals surface area (Å²) in [6.45, 7) is 6.03. The number of sulfone groups is 1. The fourth-order valence-corrected chi connectivity index (χ4v) is 4.16. The molecule has 0 aromatic heterocycles. The zero-order valence-corrected chi connectivity index (χ0v) is 19.5. The van der Waals surface area contributed by atoms with Gasteiger partial charge in [0.1, 0.15) is 18.5 Å². The third kappa shape index (κ3) is 7.32. The predicted molar refractivity (Wildman–Crippen MR) is 125 cm³/mol. The van der Waals surface area contributed by atoms with Crippen molar-refractivity contribution in [2.75, 3.05) is 50.0 Å². The van der Waals surface area contributed by atoms with Gasteiger partial charge in [-0.2, -0.15) is 0 Å². The van der Waals surface area contributed by atoms with Gasteiger partial charge in [0.05, 0.1) is 10.6 Å². The minimum absolute atomic E-state index is 0. The highest BCUT2D eigenvalue weighted by Crippen LogP contribution is 2.18. The Labute approximate surface area is 191 Å². The number of benzene rings is 2. The summed E-state index contributed by atoms with van der Waals surface area (Å²) in [5.41, 5.74) is 1.24. The Kier molecular flexibility index (Phi) is 10.9. The molecule has 1 aliphatic rings. The van der Waals surface area contributed by atoms with Crippen LogP contribution in [0.1, 0.15) is 6.92 Å². The first-order valence-electron chi connectivity index (χ1n) is 9.64. The molecule has 1 fully saturated rings. The third-order valence-electron chi connectivity index (χ3n) is 4.97. The molecule has 0 aliphatic carbocycles. The van der Waals surface area contributed by atoms with Crippen LogP contribution in [0.3, 0.4) is 0 Å². The molecule has 0 spiro atoms. The van der Waals surface area contributed by atoms with Crippen LogP contribution in [0.15, 0.2) is 59.5 Å². The predicted octanol–water partition coefficient (Wildman–Crippen LogP) is 2.89. The molecule has 1 N–H and O–H groups in total. The van der Waals surface area contributed by atoms with Crippen LogP contribution in [0.25, 0.3) is 0 Å². The normalized spacial score (nSPS) is 15.6. The second kappa shape index (κ2) is 12.4. The maximum Gasteiger partial charge on any atom is 0.178 e. The van der Waals surface area contributed by atoms with Gasteiger partial charge in [0.2, 0.25) is 0 Å². The Bertz CT molecular complexity index is 843. The Balaban J connectivity index is 0.00000225. The lowest BCUT2D eigenvalue weighted by Gasteiger charge is -2.36. The average Bonchev–Trinajstić information content (AvgIpc) is 2.74. The van der Waals surface area contributed by atoms with Crippen molar-refractivity contribution in [3.8, 4) is 5.75 Å². The second-order valence-electron chi connectivity index (χ2n) is 6.96. The van der Waals surface area contributed by atoms with Gasteiger partial charge in [-0.05, 0) is 36.4 Å². The fraction of sp³-hybridized carbons (Fsp3) is 0.429. The molecule has 3 rings (SSSR count). The molecule has 2 aromatic rings. The van der Waals surface area contributed by atoms with Crippen LogP contribution in [0.4, 0.5) is 5.69 Å². The maximum atomic E-state index is 11.8. The minimum atomic E-state index is -3.21. The SMILES string of the molecule is CCS(=O)(=O)c1ccc(OCC(O)CN2CCN(c3ccccc3)CC2)cc1.Cl.Cl. The first-order valence-corrected chi connectivity index (χ1v) is 11.3. The smallest absolute Gasteiger partial charge is 0.178 e. The highest BCUT2D eigenvalue weighted by Gasteiger charge is 2.19. The number of β-amino-alcohol motifs (C(OH)–C–C–N with tert-alkyl or cyclic N) is 1. The van der Waals surface area contributed by atoms with Crippen molar-refractivity contribution in [3.63, 3.8) is 0 Å². The summed E-state index contributed by atoms with van der Waals surface area (Å²) < 4.78 is 29.3. The summed E-state index contributed by atoms with van der Waals surface area (Å²) in [5, 5.41) is 10.3. The zero-order chi connectivity index (χ0) is 20.0. The summed E-state index contributed by atoms with van der Waals surface area (Å²) in [4.78, 5) is 4.88. The first-order chi connectivity index (χ1) is 13.5. The number of aliphatic hydroxyl groups is 1. The number of halogens is 2. The molecule has 9 heteroatoms. The van der Waals surface area contributed by atoms with E-state index < -0.39 is 15.9 Å². The van der Waals surface area contributed by atoms with Crippen molar-refractivity contribution in [2.45, 2.75) is 17.9 Å². The van der Waals surface area contributed by atoms with E-state index in [0.717, 1.165) is 26.2 Å². The second-order valence-corrected chi connectivity index (χ2v) is 9.24. The zero-order valence-electron chi connectivity index (χ0n) is 17.0. The first kappa shape index (κ1) is 26.5. The molecule has 2 aromatic carbocycles. The maximum absolute atomic E-state index is 11.8. The van der Waals surface area contributed by atoms with Gasteiger partial charge in [-0.25, -0.2) is 8.42 Å². The average molecular weight is 477 g/mol. The molecule has 1 saturated heterocycles. The Morgan fingerprint density at radius 1 is 0.967 bits per heavy atom. The van der Waals surface area contributed by atoms with E-state index in [0.29, 0.717) is 17.2 Å². The number of hydrogen-bond acceptors (Lipinski definition) is 6. The van der Waals surface area contributed by atoms with Crippen LogP contribution in [-0.2, 0) is 9.84 Å². The largest absolute Gasteiger partial charge is 0.491 e. The van der Waals surface area contributed by atoms with E-state index in [1.165, 1.54) is 5.69 Å². The molecule has 1 heterocycles. The van der Waals surface area contributed by atoms with Crippen LogP contribution in [-0.4, -0.2) is 69.6 Å². The number of nitrogens with zero attached hydrogens (tertiary/aromatic N) is 2. The molecule has 0 radical (unpaired) electrons. The van der Waals surface area contributed by atoms with Gasteiger partial charge in [-0.1, -0.05) is 25.1 Å². The molecule has 0 saturated carbocycles. The summed E-state index contributed by atoms with van der Waals surface area (Å²) >= 11 is 0. The van der Waals surface area contributed by atoms with E-state index in [1.54, 1.807) is 31.2 Å². The quantitative estimate of drug-likeness (QED) is 0.631. The van der Waals surface area contributed by atoms with Crippen molar-refractivity contribution >= 4 is 40.3 Å². The van der Waals surface area contributed by atoms with Gasteiger partial charge < -0.3 is 14.7 Å². The lowest BCUT2D eigenvalue weighted by molar-refractivity contribution is 0.0663. The number of piperazine rings is 1. The number of hydrogen-bond donors (Lipinski definition) is 1. The van der Waals surface area contributed by atoms with Crippen LogP contribution >= 0.6 is 24.8 Å². The number of aliphatic hydroxyl groups excluding tert-OH is 1. The number of rotatable bonds is 8. The standard InChI is InChI=1S/C21H28N2O4S.2ClH/c1-2-28(25,26)21-10-8-20(9-11-21)27-17-19(24)16-22-12-14-23(15-13-22)18-6-4-3-5-7-18;;/h3-11,19,24H,2,12-17H2,1H3;2*1H. The molecular weight excluding hydrogens is 447 g/mol. The van der Waals surface area contributed by atoms with E-state index >= 15 is 0 Å². The molecule has 0 bridgehead atoms. The molecule has 30 heavy (non-hydrogen) atoms. The van der Waals surface area contributed by atoms with Crippen molar-refractivity contribution in [3.05, 3.63) is 54.6 Å². The topological polar surface area (TPSA) is 70.1 Å². The van der Waals surface area contributed by atoms with Gasteiger partial charge in [0.15, 0.2) is 9.84 Å². The molecule has 1 atom stereocenters. The Hall–Kier alpha value is -1.51. The molecule has 168 valence electrons. The molecule has 1 unspecified atom stereocenters. The van der Waals surface area contributed by atoms with Crippen molar-refractivity contribution in [1.29, 1.82) is 0 Å². The van der Waals surface area contributed by atoms with E-state index in [-0.39, 0.29) is 37.2 Å². The molecular formula is C21H30Cl2N2O4S. The van der Waals surface area contributed by atoms with Crippen molar-refractivity contribution in [1.82, 2.24) is 4.90 Å². The van der Waals surface area contributed by atoms with Gasteiger partial charge in [-0.15, -0.1) is 24.8 Å². The number of para-hydroxylation sites is 1. The van der Waals surface area contributed by atoms with Crippen LogP contribution < -0.4 is 9.64 Å². The summed E-state index contributed by atoms with van der Waals surface area (Å²) in [5.74, 6) is 0.631. The van der Waals surface area contributed by atoms with Gasteiger partial charge in [0.25, 0.3) is 0 Å². The van der Waals surface area contributed by atoms with Crippen LogP contribution in [0.5, 0.6) is 5.75 Å². The highest BCUT2D eigenvalue weighted by atomic mass is 35.5. The lowest BCUT2D eigenvalue weighted by atomic mass is 10.2. The number of ether oxygens (including phenoxy) is 1. The number of anilines is 1. The van der Waals surface area contributed by atoms with Crippen LogP contribution in [0.2, 0.25) is 0 Å². The summed E-state index contributed by atoms with van der Waals surface area (Å²) in [6, 6.07) is 16.7.